The smallest absolute Gasteiger partial charge is 0.327 e. The van der Waals surface area contributed by atoms with Crippen LogP contribution in [0.15, 0.2) is 24.3 Å². The minimum atomic E-state index is -0.926. The van der Waals surface area contributed by atoms with Gasteiger partial charge in [-0.1, -0.05) is 0 Å². The lowest BCUT2D eigenvalue weighted by molar-refractivity contribution is -0.150. The maximum absolute atomic E-state index is 12.7. The van der Waals surface area contributed by atoms with Crippen LogP contribution in [-0.4, -0.2) is 39.6 Å². The molecule has 0 aromatic heterocycles. The summed E-state index contributed by atoms with van der Waals surface area (Å²) in [5.41, 5.74) is 6.86. The zero-order valence-corrected chi connectivity index (χ0v) is 28.6. The molecule has 200 valence electrons. The first-order valence-electron chi connectivity index (χ1n) is 11.6. The first kappa shape index (κ1) is 32.5. The van der Waals surface area contributed by atoms with Gasteiger partial charge in [0.1, 0.15) is 17.5 Å². The molecule has 0 saturated carbocycles. The Kier molecular flexibility index (Phi) is 14.3. The Morgan fingerprint density at radius 3 is 1.94 bits per heavy atom. The van der Waals surface area contributed by atoms with E-state index in [4.69, 9.17) is 15.2 Å². The largest absolute Gasteiger partial charge is 0.506 e. The average molecular weight is 949 g/mol. The normalized spacial score (nSPS) is 14.7. The van der Waals surface area contributed by atoms with Gasteiger partial charge in [-0.2, -0.15) is 0 Å². The molecule has 0 spiro atoms. The quantitative estimate of drug-likeness (QED) is 0.132. The van der Waals surface area contributed by atoms with Gasteiger partial charge >= 0.3 is 5.97 Å². The van der Waals surface area contributed by atoms with E-state index in [2.05, 4.69) is 90.4 Å². The third-order valence-electron chi connectivity index (χ3n) is 5.47. The molecule has 0 saturated heterocycles. The van der Waals surface area contributed by atoms with Crippen LogP contribution in [0.4, 0.5) is 0 Å². The van der Waals surface area contributed by atoms with Crippen molar-refractivity contribution < 1.29 is 29.6 Å². The highest BCUT2D eigenvalue weighted by Gasteiger charge is 2.23. The first-order chi connectivity index (χ1) is 16.9. The number of carbonyl (C=O) groups is 1. The molecule has 0 radical (unpaired) electrons. The molecule has 0 bridgehead atoms. The van der Waals surface area contributed by atoms with Crippen molar-refractivity contribution in [2.24, 2.45) is 5.73 Å². The number of aromatic hydroxyl groups is 1. The molecule has 0 amide bonds. The number of hydrogen-bond acceptors (Lipinski definition) is 7. The van der Waals surface area contributed by atoms with E-state index in [-0.39, 0.29) is 18.0 Å². The van der Waals surface area contributed by atoms with E-state index >= 15 is 0 Å². The molecule has 0 fully saturated rings. The van der Waals surface area contributed by atoms with Crippen LogP contribution in [-0.2, 0) is 9.53 Å². The van der Waals surface area contributed by atoms with E-state index in [1.807, 2.05) is 19.1 Å². The Labute approximate surface area is 266 Å². The van der Waals surface area contributed by atoms with Gasteiger partial charge in [0, 0.05) is 0 Å². The number of benzene rings is 2. The average Bonchev–Trinajstić information content (AvgIpc) is 2.78. The topological polar surface area (TPSA) is 122 Å². The number of phenolic OH excluding ortho intramolecular Hbond substituents is 1. The van der Waals surface area contributed by atoms with Gasteiger partial charge in [0.15, 0.2) is 5.75 Å². The van der Waals surface area contributed by atoms with Crippen molar-refractivity contribution in [3.8, 4) is 17.2 Å². The standard InChI is InChI=1S/C25H31I4NO6/c1-13(31)5-3-7-16(32)8-4-6-14(2)35-25(34)22(30)15-9-20(28)24(21(29)10-15)36-17-11-18(26)23(33)19(27)12-17/h9-14,16,22,31-33H,3-8,30H2,1-2H3. The molecule has 5 N–H and O–H groups in total. The van der Waals surface area contributed by atoms with Crippen LogP contribution in [0.1, 0.15) is 64.0 Å². The van der Waals surface area contributed by atoms with E-state index in [9.17, 15) is 20.1 Å². The van der Waals surface area contributed by atoms with Gasteiger partial charge < -0.3 is 30.5 Å². The van der Waals surface area contributed by atoms with E-state index < -0.39 is 18.1 Å². The molecule has 36 heavy (non-hydrogen) atoms. The number of phenols is 1. The summed E-state index contributed by atoms with van der Waals surface area (Å²) in [6, 6.07) is 6.22. The summed E-state index contributed by atoms with van der Waals surface area (Å²) in [4.78, 5) is 12.7. The molecule has 0 aliphatic rings. The van der Waals surface area contributed by atoms with Crippen molar-refractivity contribution in [3.05, 3.63) is 44.1 Å². The van der Waals surface area contributed by atoms with E-state index in [0.29, 0.717) is 49.9 Å². The van der Waals surface area contributed by atoms with Gasteiger partial charge in [-0.05, 0) is 173 Å². The third kappa shape index (κ3) is 10.5. The SMILES string of the molecule is CC(O)CCCC(O)CCCC(C)OC(=O)C(N)c1cc(I)c(Oc2cc(I)c(O)c(I)c2)c(I)c1. The van der Waals surface area contributed by atoms with Gasteiger partial charge in [0.25, 0.3) is 0 Å². The number of hydrogen-bond donors (Lipinski definition) is 4. The summed E-state index contributed by atoms with van der Waals surface area (Å²) in [5.74, 6) is 0.989. The molecule has 0 heterocycles. The predicted octanol–water partition coefficient (Wildman–Crippen LogP) is 6.62. The Bertz CT molecular complexity index is 990. The van der Waals surface area contributed by atoms with Crippen LogP contribution in [0, 0.1) is 14.3 Å². The fraction of sp³-hybridized carbons (Fsp3) is 0.480. The summed E-state index contributed by atoms with van der Waals surface area (Å²) < 4.78 is 14.6. The van der Waals surface area contributed by atoms with Gasteiger partial charge in [0.05, 0.1) is 32.6 Å². The van der Waals surface area contributed by atoms with Crippen LogP contribution < -0.4 is 10.5 Å². The van der Waals surface area contributed by atoms with Crippen molar-refractivity contribution in [2.45, 2.75) is 76.7 Å². The van der Waals surface area contributed by atoms with Crippen molar-refractivity contribution >= 4 is 96.3 Å². The molecule has 0 aliphatic carbocycles. The van der Waals surface area contributed by atoms with Crippen LogP contribution in [0.5, 0.6) is 17.2 Å². The zero-order chi connectivity index (χ0) is 27.0. The van der Waals surface area contributed by atoms with Crippen LogP contribution in [0.2, 0.25) is 0 Å². The maximum atomic E-state index is 12.7. The second-order valence-corrected chi connectivity index (χ2v) is 13.4. The molecule has 7 nitrogen and oxygen atoms in total. The van der Waals surface area contributed by atoms with Crippen LogP contribution in [0.3, 0.4) is 0 Å². The highest BCUT2D eigenvalue weighted by Crippen LogP contribution is 2.37. The minimum absolute atomic E-state index is 0.228. The fourth-order valence-electron chi connectivity index (χ4n) is 3.48. The Morgan fingerprint density at radius 2 is 1.42 bits per heavy atom. The number of rotatable bonds is 13. The summed E-state index contributed by atoms with van der Waals surface area (Å²) >= 11 is 8.42. The predicted molar refractivity (Wildman–Crippen MR) is 173 cm³/mol. The zero-order valence-electron chi connectivity index (χ0n) is 20.0. The highest BCUT2D eigenvalue weighted by molar-refractivity contribution is 14.1. The number of aliphatic hydroxyl groups excluding tert-OH is 2. The van der Waals surface area contributed by atoms with Gasteiger partial charge in [-0.25, -0.2) is 4.79 Å². The van der Waals surface area contributed by atoms with Crippen LogP contribution in [0.25, 0.3) is 0 Å². The number of halogens is 4. The molecule has 2 rings (SSSR count). The maximum Gasteiger partial charge on any atom is 0.327 e. The molecule has 2 aromatic rings. The van der Waals surface area contributed by atoms with Crippen LogP contribution >= 0.6 is 90.4 Å². The minimum Gasteiger partial charge on any atom is -0.506 e. The van der Waals surface area contributed by atoms with Crippen molar-refractivity contribution in [3.63, 3.8) is 0 Å². The number of ether oxygens (including phenoxy) is 2. The third-order valence-corrected chi connectivity index (χ3v) is 8.72. The molecule has 0 aliphatic heterocycles. The van der Waals surface area contributed by atoms with Gasteiger partial charge in [0.2, 0.25) is 0 Å². The van der Waals surface area contributed by atoms with Crippen molar-refractivity contribution in [1.29, 1.82) is 0 Å². The Hall–Kier alpha value is 0.310. The summed E-state index contributed by atoms with van der Waals surface area (Å²) in [6.07, 6.45) is 3.06. The molecule has 2 aromatic carbocycles. The van der Waals surface area contributed by atoms with Crippen molar-refractivity contribution in [2.75, 3.05) is 0 Å². The molecule has 4 atom stereocenters. The van der Waals surface area contributed by atoms with E-state index in [1.54, 1.807) is 19.1 Å². The Morgan fingerprint density at radius 1 is 0.889 bits per heavy atom. The number of aliphatic hydroxyl groups is 2. The van der Waals surface area contributed by atoms with Gasteiger partial charge in [-0.15, -0.1) is 0 Å². The first-order valence-corrected chi connectivity index (χ1v) is 15.9. The lowest BCUT2D eigenvalue weighted by atomic mass is 10.0. The van der Waals surface area contributed by atoms with Crippen molar-refractivity contribution in [1.82, 2.24) is 0 Å². The summed E-state index contributed by atoms with van der Waals surface area (Å²) in [7, 11) is 0. The van der Waals surface area contributed by atoms with E-state index in [0.717, 1.165) is 20.0 Å². The Balaban J connectivity index is 1.93. The second-order valence-electron chi connectivity index (χ2n) is 8.74. The van der Waals surface area contributed by atoms with Gasteiger partial charge in [-0.3, -0.25) is 0 Å². The summed E-state index contributed by atoms with van der Waals surface area (Å²) in [5, 5.41) is 29.4. The number of esters is 1. The molecule has 4 unspecified atom stereocenters. The lowest BCUT2D eigenvalue weighted by Crippen LogP contribution is -2.27. The van der Waals surface area contributed by atoms with E-state index in [1.165, 1.54) is 0 Å². The fourth-order valence-corrected chi connectivity index (χ4v) is 7.22. The molecular weight excluding hydrogens is 918 g/mol. The molecule has 11 heteroatoms. The number of carbonyl (C=O) groups excluding carboxylic acids is 1. The molecular formula is C25H31I4NO6. The monoisotopic (exact) mass is 949 g/mol. The lowest BCUT2D eigenvalue weighted by Gasteiger charge is -2.19. The summed E-state index contributed by atoms with van der Waals surface area (Å²) in [6.45, 7) is 3.57. The second kappa shape index (κ2) is 15.8. The number of nitrogens with two attached hydrogens (primary N) is 1. The highest BCUT2D eigenvalue weighted by atomic mass is 127.